The van der Waals surface area contributed by atoms with Crippen LogP contribution in [0.5, 0.6) is 5.75 Å². The number of benzene rings is 2. The molecule has 2 aromatic carbocycles. The molecule has 0 radical (unpaired) electrons. The van der Waals surface area contributed by atoms with Gasteiger partial charge in [0.15, 0.2) is 0 Å². The number of carbonyl (C=O) groups excluding carboxylic acids is 3. The molecule has 6 heteroatoms. The third kappa shape index (κ3) is 4.91. The smallest absolute Gasteiger partial charge is 0.341 e. The molecular weight excluding hydrogens is 322 g/mol. The minimum atomic E-state index is -0.661. The van der Waals surface area contributed by atoms with Crippen molar-refractivity contribution in [2.75, 3.05) is 12.4 Å². The number of nitrogens with one attached hydrogen (secondary N) is 1. The maximum absolute atomic E-state index is 12.2. The molecule has 130 valence electrons. The number of aryl methyl sites for hydroxylation is 1. The molecule has 0 saturated heterocycles. The van der Waals surface area contributed by atoms with Gasteiger partial charge >= 0.3 is 11.9 Å². The number of esters is 2. The minimum absolute atomic E-state index is 0.0615. The third-order valence-corrected chi connectivity index (χ3v) is 3.53. The van der Waals surface area contributed by atoms with Gasteiger partial charge in [0, 0.05) is 12.6 Å². The van der Waals surface area contributed by atoms with E-state index in [2.05, 4.69) is 10.1 Å². The molecule has 0 saturated carbocycles. The summed E-state index contributed by atoms with van der Waals surface area (Å²) in [6.45, 7) is 3.17. The number of carbonyl (C=O) groups is 3. The van der Waals surface area contributed by atoms with Gasteiger partial charge in [-0.25, -0.2) is 4.79 Å². The van der Waals surface area contributed by atoms with Crippen LogP contribution in [-0.4, -0.2) is 25.0 Å². The fraction of sp³-hybridized carbons (Fsp3) is 0.211. The van der Waals surface area contributed by atoms with Crippen molar-refractivity contribution in [3.05, 3.63) is 59.2 Å². The van der Waals surface area contributed by atoms with Gasteiger partial charge in [-0.2, -0.15) is 0 Å². The van der Waals surface area contributed by atoms with E-state index >= 15 is 0 Å². The number of ether oxygens (including phenoxy) is 2. The van der Waals surface area contributed by atoms with Gasteiger partial charge in [-0.3, -0.25) is 9.59 Å². The van der Waals surface area contributed by atoms with Gasteiger partial charge in [-0.05, 0) is 36.2 Å². The number of rotatable bonds is 5. The van der Waals surface area contributed by atoms with Crippen LogP contribution >= 0.6 is 0 Å². The Morgan fingerprint density at radius 3 is 2.44 bits per heavy atom. The summed E-state index contributed by atoms with van der Waals surface area (Å²) < 4.78 is 9.67. The Balaban J connectivity index is 2.19. The number of amides is 1. The highest BCUT2D eigenvalue weighted by Crippen LogP contribution is 2.24. The zero-order valence-electron chi connectivity index (χ0n) is 14.3. The van der Waals surface area contributed by atoms with Crippen molar-refractivity contribution in [2.24, 2.45) is 0 Å². The Bertz CT molecular complexity index is 813. The van der Waals surface area contributed by atoms with Crippen molar-refractivity contribution in [3.8, 4) is 5.75 Å². The predicted molar refractivity (Wildman–Crippen MR) is 92.6 cm³/mol. The summed E-state index contributed by atoms with van der Waals surface area (Å²) in [7, 11) is 1.23. The molecule has 0 atom stereocenters. The standard InChI is InChI=1S/C19H19NO5/c1-12-6-4-5-7-14(12)10-18(22)20-15-8-9-17(25-13(2)21)16(11-15)19(23)24-3/h4-9,11H,10H2,1-3H3,(H,20,22). The average Bonchev–Trinajstić information content (AvgIpc) is 2.57. The molecule has 0 unspecified atom stereocenters. The summed E-state index contributed by atoms with van der Waals surface area (Å²) >= 11 is 0. The van der Waals surface area contributed by atoms with E-state index in [-0.39, 0.29) is 23.6 Å². The van der Waals surface area contributed by atoms with Gasteiger partial charge in [-0.1, -0.05) is 24.3 Å². The average molecular weight is 341 g/mol. The predicted octanol–water partition coefficient (Wildman–Crippen LogP) is 2.89. The van der Waals surface area contributed by atoms with Crippen LogP contribution in [0.15, 0.2) is 42.5 Å². The SMILES string of the molecule is COC(=O)c1cc(NC(=O)Cc2ccccc2C)ccc1OC(C)=O. The van der Waals surface area contributed by atoms with Crippen LogP contribution in [0.3, 0.4) is 0 Å². The second-order valence-corrected chi connectivity index (χ2v) is 5.45. The first kappa shape index (κ1) is 18.2. The van der Waals surface area contributed by atoms with E-state index in [0.29, 0.717) is 5.69 Å². The summed E-state index contributed by atoms with van der Waals surface area (Å²) in [5.74, 6) is -1.35. The Kier molecular flexibility index (Phi) is 5.89. The second-order valence-electron chi connectivity index (χ2n) is 5.45. The molecule has 0 aromatic heterocycles. The van der Waals surface area contributed by atoms with E-state index in [1.54, 1.807) is 6.07 Å². The lowest BCUT2D eigenvalue weighted by Crippen LogP contribution is -2.16. The number of methoxy groups -OCH3 is 1. The summed E-state index contributed by atoms with van der Waals surface area (Å²) in [6.07, 6.45) is 0.214. The first-order chi connectivity index (χ1) is 11.9. The van der Waals surface area contributed by atoms with E-state index in [1.165, 1.54) is 26.2 Å². The van der Waals surface area contributed by atoms with E-state index in [1.807, 2.05) is 31.2 Å². The first-order valence-electron chi connectivity index (χ1n) is 7.66. The number of hydrogen-bond acceptors (Lipinski definition) is 5. The maximum atomic E-state index is 12.2. The first-order valence-corrected chi connectivity index (χ1v) is 7.66. The second kappa shape index (κ2) is 8.10. The minimum Gasteiger partial charge on any atom is -0.465 e. The van der Waals surface area contributed by atoms with Crippen LogP contribution in [0.2, 0.25) is 0 Å². The molecule has 2 rings (SSSR count). The van der Waals surface area contributed by atoms with E-state index in [4.69, 9.17) is 4.74 Å². The van der Waals surface area contributed by atoms with Crippen molar-refractivity contribution < 1.29 is 23.9 Å². The fourth-order valence-electron chi connectivity index (χ4n) is 2.31. The quantitative estimate of drug-likeness (QED) is 0.668. The van der Waals surface area contributed by atoms with Crippen molar-refractivity contribution in [2.45, 2.75) is 20.3 Å². The molecular formula is C19H19NO5. The van der Waals surface area contributed by atoms with E-state index < -0.39 is 11.9 Å². The molecule has 0 aliphatic heterocycles. The Labute approximate surface area is 145 Å². The van der Waals surface area contributed by atoms with Crippen LogP contribution in [0.4, 0.5) is 5.69 Å². The molecule has 0 bridgehead atoms. The molecule has 0 spiro atoms. The summed E-state index contributed by atoms with van der Waals surface area (Å²) in [5.41, 5.74) is 2.42. The van der Waals surface area contributed by atoms with Gasteiger partial charge < -0.3 is 14.8 Å². The molecule has 0 aliphatic rings. The largest absolute Gasteiger partial charge is 0.465 e. The van der Waals surface area contributed by atoms with Gasteiger partial charge in [0.1, 0.15) is 11.3 Å². The molecule has 0 aliphatic carbocycles. The lowest BCUT2D eigenvalue weighted by atomic mass is 10.1. The van der Waals surface area contributed by atoms with E-state index in [9.17, 15) is 14.4 Å². The zero-order valence-corrected chi connectivity index (χ0v) is 14.3. The van der Waals surface area contributed by atoms with Gasteiger partial charge in [0.25, 0.3) is 0 Å². The van der Waals surface area contributed by atoms with Gasteiger partial charge in [0.2, 0.25) is 5.91 Å². The molecule has 25 heavy (non-hydrogen) atoms. The number of anilines is 1. The van der Waals surface area contributed by atoms with Crippen molar-refractivity contribution in [3.63, 3.8) is 0 Å². The summed E-state index contributed by atoms with van der Waals surface area (Å²) in [4.78, 5) is 35.2. The molecule has 1 amide bonds. The van der Waals surface area contributed by atoms with Crippen LogP contribution < -0.4 is 10.1 Å². The topological polar surface area (TPSA) is 81.7 Å². The lowest BCUT2D eigenvalue weighted by Gasteiger charge is -2.11. The third-order valence-electron chi connectivity index (χ3n) is 3.53. The van der Waals surface area contributed by atoms with Crippen molar-refractivity contribution >= 4 is 23.5 Å². The molecule has 0 heterocycles. The van der Waals surface area contributed by atoms with E-state index in [0.717, 1.165) is 11.1 Å². The highest BCUT2D eigenvalue weighted by molar-refractivity contribution is 5.97. The highest BCUT2D eigenvalue weighted by Gasteiger charge is 2.16. The molecule has 6 nitrogen and oxygen atoms in total. The summed E-state index contributed by atoms with van der Waals surface area (Å²) in [6, 6.07) is 12.0. The van der Waals surface area contributed by atoms with Crippen molar-refractivity contribution in [1.82, 2.24) is 0 Å². The Morgan fingerprint density at radius 1 is 1.08 bits per heavy atom. The highest BCUT2D eigenvalue weighted by atomic mass is 16.5. The van der Waals surface area contributed by atoms with Crippen molar-refractivity contribution in [1.29, 1.82) is 0 Å². The fourth-order valence-corrected chi connectivity index (χ4v) is 2.31. The molecule has 1 N–H and O–H groups in total. The van der Waals surface area contributed by atoms with Gasteiger partial charge in [0.05, 0.1) is 13.5 Å². The maximum Gasteiger partial charge on any atom is 0.341 e. The Morgan fingerprint density at radius 2 is 1.80 bits per heavy atom. The molecule has 0 fully saturated rings. The summed E-state index contributed by atoms with van der Waals surface area (Å²) in [5, 5.41) is 2.73. The van der Waals surface area contributed by atoms with Crippen LogP contribution in [-0.2, 0) is 20.7 Å². The van der Waals surface area contributed by atoms with Gasteiger partial charge in [-0.15, -0.1) is 0 Å². The van der Waals surface area contributed by atoms with Crippen LogP contribution in [0.1, 0.15) is 28.4 Å². The van der Waals surface area contributed by atoms with Crippen LogP contribution in [0.25, 0.3) is 0 Å². The lowest BCUT2D eigenvalue weighted by molar-refractivity contribution is -0.131. The number of hydrogen-bond donors (Lipinski definition) is 1. The van der Waals surface area contributed by atoms with Crippen LogP contribution in [0, 0.1) is 6.92 Å². The molecule has 2 aromatic rings. The Hall–Kier alpha value is -3.15. The zero-order chi connectivity index (χ0) is 18.4. The monoisotopic (exact) mass is 341 g/mol. The normalized spacial score (nSPS) is 10.0.